The molecule has 0 aliphatic carbocycles. The first kappa shape index (κ1) is 13.1. The van der Waals surface area contributed by atoms with Gasteiger partial charge in [-0.15, -0.1) is 5.10 Å². The summed E-state index contributed by atoms with van der Waals surface area (Å²) in [6, 6.07) is 1.32. The highest BCUT2D eigenvalue weighted by atomic mass is 16.3. The van der Waals surface area contributed by atoms with Gasteiger partial charge in [0.25, 0.3) is 0 Å². The van der Waals surface area contributed by atoms with Crippen LogP contribution in [-0.4, -0.2) is 44.1 Å². The highest BCUT2D eigenvalue weighted by Crippen LogP contribution is 2.42. The van der Waals surface area contributed by atoms with Crippen molar-refractivity contribution in [3.05, 3.63) is 11.9 Å². The number of hydrogen-bond acceptors (Lipinski definition) is 4. The SMILES string of the molecule is CCCn1nncc1C(O)C1CC2CCC(C1)N2C. The van der Waals surface area contributed by atoms with Crippen LogP contribution >= 0.6 is 0 Å². The van der Waals surface area contributed by atoms with Crippen LogP contribution in [0.25, 0.3) is 0 Å². The van der Waals surface area contributed by atoms with Crippen molar-refractivity contribution in [3.8, 4) is 0 Å². The molecule has 2 aliphatic rings. The Kier molecular flexibility index (Phi) is 3.58. The molecule has 5 heteroatoms. The number of aliphatic hydroxyl groups excluding tert-OH is 1. The highest BCUT2D eigenvalue weighted by molar-refractivity contribution is 5.05. The van der Waals surface area contributed by atoms with Crippen LogP contribution in [0.4, 0.5) is 0 Å². The molecule has 2 fully saturated rings. The molecule has 1 N–H and O–H groups in total. The maximum Gasteiger partial charge on any atom is 0.100 e. The van der Waals surface area contributed by atoms with E-state index in [1.54, 1.807) is 6.20 Å². The van der Waals surface area contributed by atoms with Crippen molar-refractivity contribution >= 4 is 0 Å². The molecule has 0 aromatic carbocycles. The van der Waals surface area contributed by atoms with Gasteiger partial charge in [-0.3, -0.25) is 0 Å². The molecule has 106 valence electrons. The summed E-state index contributed by atoms with van der Waals surface area (Å²) in [5.74, 6) is 0.364. The molecule has 2 aliphatic heterocycles. The summed E-state index contributed by atoms with van der Waals surface area (Å²) in [6.45, 7) is 2.96. The first-order valence-corrected chi connectivity index (χ1v) is 7.49. The molecule has 1 aromatic heterocycles. The van der Waals surface area contributed by atoms with Gasteiger partial charge in [0.2, 0.25) is 0 Å². The third kappa shape index (κ3) is 2.30. The van der Waals surface area contributed by atoms with Gasteiger partial charge < -0.3 is 10.0 Å². The maximum absolute atomic E-state index is 10.7. The average Bonchev–Trinajstić information content (AvgIpc) is 2.91. The molecule has 0 radical (unpaired) electrons. The van der Waals surface area contributed by atoms with Gasteiger partial charge in [-0.25, -0.2) is 4.68 Å². The molecule has 19 heavy (non-hydrogen) atoms. The van der Waals surface area contributed by atoms with E-state index in [2.05, 4.69) is 29.2 Å². The van der Waals surface area contributed by atoms with E-state index in [1.165, 1.54) is 12.8 Å². The fraction of sp³-hybridized carbons (Fsp3) is 0.857. The number of aryl methyl sites for hydroxylation is 1. The van der Waals surface area contributed by atoms with Gasteiger partial charge in [0.05, 0.1) is 11.9 Å². The van der Waals surface area contributed by atoms with Crippen molar-refractivity contribution in [2.45, 2.75) is 63.8 Å². The predicted octanol–water partition coefficient (Wildman–Crippen LogP) is 1.59. The number of aliphatic hydroxyl groups is 1. The second-order valence-electron chi connectivity index (χ2n) is 6.11. The number of aromatic nitrogens is 3. The van der Waals surface area contributed by atoms with Crippen molar-refractivity contribution in [2.24, 2.45) is 5.92 Å². The van der Waals surface area contributed by atoms with E-state index >= 15 is 0 Å². The Labute approximate surface area is 114 Å². The van der Waals surface area contributed by atoms with Crippen molar-refractivity contribution in [2.75, 3.05) is 7.05 Å². The van der Waals surface area contributed by atoms with Gasteiger partial charge in [-0.05, 0) is 45.1 Å². The van der Waals surface area contributed by atoms with E-state index in [0.717, 1.165) is 31.5 Å². The van der Waals surface area contributed by atoms with E-state index in [4.69, 9.17) is 0 Å². The molecule has 1 aromatic rings. The van der Waals surface area contributed by atoms with E-state index in [-0.39, 0.29) is 0 Å². The van der Waals surface area contributed by atoms with Crippen molar-refractivity contribution in [1.82, 2.24) is 19.9 Å². The Morgan fingerprint density at radius 2 is 2.05 bits per heavy atom. The summed E-state index contributed by atoms with van der Waals surface area (Å²) < 4.78 is 1.87. The van der Waals surface area contributed by atoms with Crippen LogP contribution in [0, 0.1) is 5.92 Å². The number of hydrogen-bond donors (Lipinski definition) is 1. The third-order valence-electron chi connectivity index (χ3n) is 4.97. The van der Waals surface area contributed by atoms with E-state index < -0.39 is 6.10 Å². The van der Waals surface area contributed by atoms with Crippen LogP contribution in [0.5, 0.6) is 0 Å². The zero-order chi connectivity index (χ0) is 13.4. The Hall–Kier alpha value is -0.940. The molecule has 3 rings (SSSR count). The molecule has 0 saturated carbocycles. The molecule has 3 atom stereocenters. The van der Waals surface area contributed by atoms with E-state index in [0.29, 0.717) is 18.0 Å². The fourth-order valence-electron chi connectivity index (χ4n) is 3.83. The van der Waals surface area contributed by atoms with Crippen molar-refractivity contribution in [1.29, 1.82) is 0 Å². The van der Waals surface area contributed by atoms with Crippen LogP contribution in [-0.2, 0) is 6.54 Å². The quantitative estimate of drug-likeness (QED) is 0.897. The number of rotatable bonds is 4. The fourth-order valence-corrected chi connectivity index (χ4v) is 3.83. The Bertz CT molecular complexity index is 419. The van der Waals surface area contributed by atoms with Crippen LogP contribution in [0.2, 0.25) is 0 Å². The number of nitrogens with zero attached hydrogens (tertiary/aromatic N) is 4. The first-order valence-electron chi connectivity index (χ1n) is 7.49. The molecule has 0 amide bonds. The molecule has 2 bridgehead atoms. The summed E-state index contributed by atoms with van der Waals surface area (Å²) in [5, 5.41) is 18.7. The normalized spacial score (nSPS) is 32.7. The van der Waals surface area contributed by atoms with Gasteiger partial charge in [0.15, 0.2) is 0 Å². The second kappa shape index (κ2) is 5.21. The van der Waals surface area contributed by atoms with Gasteiger partial charge >= 0.3 is 0 Å². The zero-order valence-electron chi connectivity index (χ0n) is 11.9. The lowest BCUT2D eigenvalue weighted by Gasteiger charge is -2.38. The first-order chi connectivity index (χ1) is 9.20. The third-order valence-corrected chi connectivity index (χ3v) is 4.97. The van der Waals surface area contributed by atoms with E-state index in [1.807, 2.05) is 4.68 Å². The molecular formula is C14H24N4O. The Balaban J connectivity index is 1.74. The molecule has 0 spiro atoms. The molecule has 3 heterocycles. The Morgan fingerprint density at radius 3 is 2.68 bits per heavy atom. The molecule has 5 nitrogen and oxygen atoms in total. The van der Waals surface area contributed by atoms with Gasteiger partial charge in [0, 0.05) is 18.6 Å². The minimum Gasteiger partial charge on any atom is -0.386 e. The lowest BCUT2D eigenvalue weighted by atomic mass is 9.85. The second-order valence-corrected chi connectivity index (χ2v) is 6.11. The van der Waals surface area contributed by atoms with E-state index in [9.17, 15) is 5.11 Å². The average molecular weight is 264 g/mol. The van der Waals surface area contributed by atoms with Gasteiger partial charge in [-0.2, -0.15) is 0 Å². The van der Waals surface area contributed by atoms with Crippen molar-refractivity contribution < 1.29 is 5.11 Å². The maximum atomic E-state index is 10.7. The number of fused-ring (bicyclic) bond motifs is 2. The largest absolute Gasteiger partial charge is 0.386 e. The monoisotopic (exact) mass is 264 g/mol. The van der Waals surface area contributed by atoms with Crippen molar-refractivity contribution in [3.63, 3.8) is 0 Å². The van der Waals surface area contributed by atoms with Crippen LogP contribution in [0.3, 0.4) is 0 Å². The summed E-state index contributed by atoms with van der Waals surface area (Å²) in [4.78, 5) is 2.50. The van der Waals surface area contributed by atoms with Gasteiger partial charge in [-0.1, -0.05) is 12.1 Å². The topological polar surface area (TPSA) is 54.2 Å². The lowest BCUT2D eigenvalue weighted by molar-refractivity contribution is 0.0306. The highest BCUT2D eigenvalue weighted by Gasteiger charge is 2.41. The van der Waals surface area contributed by atoms with Gasteiger partial charge in [0.1, 0.15) is 6.10 Å². The summed E-state index contributed by atoms with van der Waals surface area (Å²) in [7, 11) is 2.23. The number of piperidine rings is 1. The lowest BCUT2D eigenvalue weighted by Crippen LogP contribution is -2.41. The zero-order valence-corrected chi connectivity index (χ0v) is 11.9. The van der Waals surface area contributed by atoms with Crippen LogP contribution in [0.15, 0.2) is 6.20 Å². The molecule has 2 saturated heterocycles. The molecular weight excluding hydrogens is 240 g/mol. The standard InChI is InChI=1S/C14H24N4O/c1-3-6-18-13(9-15-16-18)14(19)10-7-11-4-5-12(8-10)17(11)2/h9-12,14,19H,3-8H2,1-2H3. The summed E-state index contributed by atoms with van der Waals surface area (Å²) >= 11 is 0. The Morgan fingerprint density at radius 1 is 1.37 bits per heavy atom. The summed E-state index contributed by atoms with van der Waals surface area (Å²) in [5.41, 5.74) is 0.899. The predicted molar refractivity (Wildman–Crippen MR) is 72.6 cm³/mol. The summed E-state index contributed by atoms with van der Waals surface area (Å²) in [6.07, 6.45) is 7.13. The molecule has 3 unspecified atom stereocenters. The minimum absolute atomic E-state index is 0.364. The van der Waals surface area contributed by atoms with Crippen LogP contribution < -0.4 is 0 Å². The minimum atomic E-state index is -0.404. The van der Waals surface area contributed by atoms with Crippen LogP contribution in [0.1, 0.15) is 50.8 Å². The smallest absolute Gasteiger partial charge is 0.100 e.